The summed E-state index contributed by atoms with van der Waals surface area (Å²) in [5.74, 6) is -0.361. The van der Waals surface area contributed by atoms with Gasteiger partial charge in [0.2, 0.25) is 10.0 Å². The first-order valence-electron chi connectivity index (χ1n) is 7.31. The fourth-order valence-corrected chi connectivity index (χ4v) is 3.95. The molecule has 1 aliphatic heterocycles. The molecule has 10 heteroatoms. The molecule has 0 bridgehead atoms. The van der Waals surface area contributed by atoms with E-state index >= 15 is 0 Å². The predicted molar refractivity (Wildman–Crippen MR) is 81.2 cm³/mol. The Labute approximate surface area is 136 Å². The van der Waals surface area contributed by atoms with Crippen molar-refractivity contribution in [1.29, 1.82) is 0 Å². The number of ether oxygens (including phenoxy) is 1. The zero-order chi connectivity index (χ0) is 17.5. The Bertz CT molecular complexity index is 840. The summed E-state index contributed by atoms with van der Waals surface area (Å²) in [6, 6.07) is 2.62. The van der Waals surface area contributed by atoms with Crippen molar-refractivity contribution in [2.75, 3.05) is 19.3 Å². The topological polar surface area (TPSA) is 75.3 Å². The van der Waals surface area contributed by atoms with E-state index in [9.17, 15) is 21.6 Å². The van der Waals surface area contributed by atoms with E-state index in [1.807, 2.05) is 0 Å². The number of H-pyrrole nitrogens is 1. The molecule has 6 nitrogen and oxygen atoms in total. The van der Waals surface area contributed by atoms with Crippen molar-refractivity contribution in [3.05, 3.63) is 23.9 Å². The molecule has 0 amide bonds. The van der Waals surface area contributed by atoms with Gasteiger partial charge < -0.3 is 4.74 Å². The molecule has 1 aromatic heterocycles. The lowest BCUT2D eigenvalue weighted by Gasteiger charge is -2.30. The van der Waals surface area contributed by atoms with Gasteiger partial charge in [-0.25, -0.2) is 12.7 Å². The molecule has 1 saturated heterocycles. The second-order valence-corrected chi connectivity index (χ2v) is 7.81. The normalized spacial score (nSPS) is 18.2. The van der Waals surface area contributed by atoms with Gasteiger partial charge in [-0.05, 0) is 30.4 Å². The third kappa shape index (κ3) is 3.64. The summed E-state index contributed by atoms with van der Waals surface area (Å²) in [7, 11) is -3.25. The molecule has 0 saturated carbocycles. The van der Waals surface area contributed by atoms with Gasteiger partial charge in [0.15, 0.2) is 0 Å². The maximum Gasteiger partial charge on any atom is 0.573 e. The molecule has 0 unspecified atom stereocenters. The molecule has 132 valence electrons. The number of halogens is 3. The summed E-state index contributed by atoms with van der Waals surface area (Å²) in [6.45, 7) is 0.681. The summed E-state index contributed by atoms with van der Waals surface area (Å²) in [4.78, 5) is 0. The number of fused-ring (bicyclic) bond motifs is 1. The summed E-state index contributed by atoms with van der Waals surface area (Å²) < 4.78 is 66.1. The van der Waals surface area contributed by atoms with E-state index in [2.05, 4.69) is 14.9 Å². The number of hydrogen-bond donors (Lipinski definition) is 1. The smallest absolute Gasteiger partial charge is 0.406 e. The van der Waals surface area contributed by atoms with E-state index in [0.29, 0.717) is 37.0 Å². The van der Waals surface area contributed by atoms with Gasteiger partial charge in [0.1, 0.15) is 5.75 Å². The Morgan fingerprint density at radius 2 is 1.96 bits per heavy atom. The fourth-order valence-electron chi connectivity index (χ4n) is 3.08. The van der Waals surface area contributed by atoms with E-state index in [1.54, 1.807) is 6.20 Å². The maximum atomic E-state index is 12.5. The first kappa shape index (κ1) is 17.0. The Kier molecular flexibility index (Phi) is 4.20. The van der Waals surface area contributed by atoms with Crippen molar-refractivity contribution in [2.45, 2.75) is 25.1 Å². The lowest BCUT2D eigenvalue weighted by molar-refractivity contribution is -0.274. The largest absolute Gasteiger partial charge is 0.573 e. The number of hydrogen-bond acceptors (Lipinski definition) is 4. The third-order valence-electron chi connectivity index (χ3n) is 4.16. The predicted octanol–water partition coefficient (Wildman–Crippen LogP) is 2.60. The van der Waals surface area contributed by atoms with Crippen LogP contribution in [-0.4, -0.2) is 48.6 Å². The number of piperidine rings is 1. The molecule has 1 aliphatic rings. The van der Waals surface area contributed by atoms with Crippen LogP contribution >= 0.6 is 0 Å². The van der Waals surface area contributed by atoms with Crippen molar-refractivity contribution in [2.24, 2.45) is 0 Å². The van der Waals surface area contributed by atoms with Gasteiger partial charge in [0.05, 0.1) is 18.0 Å². The van der Waals surface area contributed by atoms with Crippen molar-refractivity contribution in [1.82, 2.24) is 14.5 Å². The molecule has 2 aromatic rings. The number of rotatable bonds is 3. The maximum absolute atomic E-state index is 12.5. The summed E-state index contributed by atoms with van der Waals surface area (Å²) in [5, 5.41) is 7.26. The molecule has 0 radical (unpaired) electrons. The monoisotopic (exact) mass is 363 g/mol. The van der Waals surface area contributed by atoms with Crippen LogP contribution in [0.3, 0.4) is 0 Å². The zero-order valence-corrected chi connectivity index (χ0v) is 13.6. The van der Waals surface area contributed by atoms with Gasteiger partial charge in [-0.3, -0.25) is 5.10 Å². The average molecular weight is 363 g/mol. The molecule has 1 N–H and O–H groups in total. The van der Waals surface area contributed by atoms with Gasteiger partial charge in [0, 0.05) is 24.5 Å². The number of aromatic nitrogens is 2. The minimum Gasteiger partial charge on any atom is -0.406 e. The lowest BCUT2D eigenvalue weighted by atomic mass is 9.88. The molecule has 3 rings (SSSR count). The Morgan fingerprint density at radius 3 is 2.54 bits per heavy atom. The van der Waals surface area contributed by atoms with E-state index in [-0.39, 0.29) is 11.7 Å². The molecule has 0 spiro atoms. The number of nitrogens with one attached hydrogen (secondary N) is 1. The van der Waals surface area contributed by atoms with Crippen LogP contribution in [0.15, 0.2) is 18.3 Å². The Balaban J connectivity index is 1.90. The van der Waals surface area contributed by atoms with Gasteiger partial charge >= 0.3 is 6.36 Å². The standard InChI is InChI=1S/C14H16F3N3O3S/c1-24(21,22)20-4-2-9(3-5-20)11-6-10(23-14(15,16)17)7-13-12(11)8-18-19-13/h6-9H,2-5H2,1H3,(H,18,19). The van der Waals surface area contributed by atoms with Crippen LogP contribution in [0.5, 0.6) is 5.75 Å². The molecule has 24 heavy (non-hydrogen) atoms. The quantitative estimate of drug-likeness (QED) is 0.910. The van der Waals surface area contributed by atoms with E-state index < -0.39 is 16.4 Å². The highest BCUT2D eigenvalue weighted by atomic mass is 32.2. The van der Waals surface area contributed by atoms with Gasteiger partial charge in [-0.1, -0.05) is 0 Å². The summed E-state index contributed by atoms with van der Waals surface area (Å²) in [6.07, 6.45) is -0.999. The van der Waals surface area contributed by atoms with Gasteiger partial charge in [-0.2, -0.15) is 5.10 Å². The zero-order valence-electron chi connectivity index (χ0n) is 12.8. The van der Waals surface area contributed by atoms with Crippen LogP contribution in [0.1, 0.15) is 24.3 Å². The van der Waals surface area contributed by atoms with Crippen LogP contribution in [-0.2, 0) is 10.0 Å². The third-order valence-corrected chi connectivity index (χ3v) is 5.46. The van der Waals surface area contributed by atoms with Crippen LogP contribution in [0.25, 0.3) is 10.9 Å². The van der Waals surface area contributed by atoms with Crippen molar-refractivity contribution < 1.29 is 26.3 Å². The van der Waals surface area contributed by atoms with Crippen molar-refractivity contribution >= 4 is 20.9 Å². The lowest BCUT2D eigenvalue weighted by Crippen LogP contribution is -2.37. The van der Waals surface area contributed by atoms with Crippen molar-refractivity contribution in [3.63, 3.8) is 0 Å². The Hall–Kier alpha value is -1.81. The number of nitrogens with zero attached hydrogens (tertiary/aromatic N) is 2. The molecule has 2 heterocycles. The number of alkyl halides is 3. The van der Waals surface area contributed by atoms with E-state index in [4.69, 9.17) is 0 Å². The van der Waals surface area contributed by atoms with E-state index in [0.717, 1.165) is 11.6 Å². The summed E-state index contributed by atoms with van der Waals surface area (Å²) >= 11 is 0. The highest BCUT2D eigenvalue weighted by Crippen LogP contribution is 2.37. The molecular formula is C14H16F3N3O3S. The molecule has 0 atom stereocenters. The fraction of sp³-hybridized carbons (Fsp3) is 0.500. The average Bonchev–Trinajstić information content (AvgIpc) is 2.92. The highest BCUT2D eigenvalue weighted by molar-refractivity contribution is 7.88. The molecular weight excluding hydrogens is 347 g/mol. The minimum atomic E-state index is -4.77. The number of aromatic amines is 1. The first-order chi connectivity index (χ1) is 11.1. The second kappa shape index (κ2) is 5.92. The SMILES string of the molecule is CS(=O)(=O)N1CCC(c2cc(OC(F)(F)F)cc3[nH]ncc23)CC1. The van der Waals surface area contributed by atoms with Crippen LogP contribution in [0.2, 0.25) is 0 Å². The number of sulfonamides is 1. The molecule has 1 aromatic carbocycles. The second-order valence-electron chi connectivity index (χ2n) is 5.83. The molecule has 0 aliphatic carbocycles. The highest BCUT2D eigenvalue weighted by Gasteiger charge is 2.32. The minimum absolute atomic E-state index is 0.0557. The van der Waals surface area contributed by atoms with Gasteiger partial charge in [0.25, 0.3) is 0 Å². The molecule has 1 fully saturated rings. The number of benzene rings is 1. The van der Waals surface area contributed by atoms with Crippen LogP contribution in [0.4, 0.5) is 13.2 Å². The van der Waals surface area contributed by atoms with E-state index in [1.165, 1.54) is 16.4 Å². The Morgan fingerprint density at radius 1 is 1.29 bits per heavy atom. The van der Waals surface area contributed by atoms with Crippen molar-refractivity contribution in [3.8, 4) is 5.75 Å². The first-order valence-corrected chi connectivity index (χ1v) is 9.16. The van der Waals surface area contributed by atoms with Crippen LogP contribution in [0, 0.1) is 0 Å². The van der Waals surface area contributed by atoms with Gasteiger partial charge in [-0.15, -0.1) is 13.2 Å². The van der Waals surface area contributed by atoms with Crippen LogP contribution < -0.4 is 4.74 Å². The summed E-state index contributed by atoms with van der Waals surface area (Å²) in [5.41, 5.74) is 1.14.